The summed E-state index contributed by atoms with van der Waals surface area (Å²) in [4.78, 5) is 24.0. The standard InChI is InChI=1S/C24H28FN5O/c25-20-7-1-3-9-22(20)28-14-12-27(13-15-28)19-6-5-11-29(16-19)24(31)17-30-18-26-21-8-2-4-10-23(21)30/h1-4,7-10,18-19H,5-6,11-17H2/t19-/m0/s1. The molecule has 2 aliphatic rings. The summed E-state index contributed by atoms with van der Waals surface area (Å²) >= 11 is 0. The molecule has 0 N–H and O–H groups in total. The first kappa shape index (κ1) is 20.0. The first-order valence-electron chi connectivity index (χ1n) is 11.1. The molecule has 0 aliphatic carbocycles. The Bertz CT molecular complexity index is 1060. The van der Waals surface area contributed by atoms with Crippen molar-refractivity contribution in [3.05, 3.63) is 60.7 Å². The summed E-state index contributed by atoms with van der Waals surface area (Å²) in [7, 11) is 0. The Labute approximate surface area is 181 Å². The largest absolute Gasteiger partial charge is 0.367 e. The van der Waals surface area contributed by atoms with Gasteiger partial charge in [0.05, 0.1) is 23.0 Å². The predicted octanol–water partition coefficient (Wildman–Crippen LogP) is 2.99. The van der Waals surface area contributed by atoms with E-state index in [-0.39, 0.29) is 11.7 Å². The van der Waals surface area contributed by atoms with Crippen LogP contribution in [0.3, 0.4) is 0 Å². The minimum Gasteiger partial charge on any atom is -0.367 e. The monoisotopic (exact) mass is 421 g/mol. The highest BCUT2D eigenvalue weighted by Gasteiger charge is 2.30. The number of carbonyl (C=O) groups is 1. The van der Waals surface area contributed by atoms with Gasteiger partial charge >= 0.3 is 0 Å². The molecule has 0 unspecified atom stereocenters. The topological polar surface area (TPSA) is 44.6 Å². The molecule has 0 spiro atoms. The summed E-state index contributed by atoms with van der Waals surface area (Å²) in [6.07, 6.45) is 3.89. The van der Waals surface area contributed by atoms with Crippen molar-refractivity contribution in [2.75, 3.05) is 44.2 Å². The highest BCUT2D eigenvalue weighted by Crippen LogP contribution is 2.23. The van der Waals surface area contributed by atoms with Gasteiger partial charge in [-0.15, -0.1) is 0 Å². The lowest BCUT2D eigenvalue weighted by molar-refractivity contribution is -0.134. The van der Waals surface area contributed by atoms with Crippen LogP contribution in [0.15, 0.2) is 54.9 Å². The number of amides is 1. The van der Waals surface area contributed by atoms with Crippen molar-refractivity contribution in [1.82, 2.24) is 19.4 Å². The normalized spacial score (nSPS) is 20.4. The molecule has 1 atom stereocenters. The molecule has 31 heavy (non-hydrogen) atoms. The molecule has 6 nitrogen and oxygen atoms in total. The Kier molecular flexibility index (Phi) is 5.59. The maximum atomic E-state index is 14.1. The van der Waals surface area contributed by atoms with Crippen molar-refractivity contribution < 1.29 is 9.18 Å². The summed E-state index contributed by atoms with van der Waals surface area (Å²) < 4.78 is 16.1. The number of hydrogen-bond donors (Lipinski definition) is 0. The van der Waals surface area contributed by atoms with E-state index in [1.807, 2.05) is 45.9 Å². The van der Waals surface area contributed by atoms with Crippen molar-refractivity contribution in [2.45, 2.75) is 25.4 Å². The second-order valence-electron chi connectivity index (χ2n) is 8.47. The molecule has 5 rings (SSSR count). The molecule has 2 saturated heterocycles. The third-order valence-electron chi connectivity index (χ3n) is 6.61. The number of benzene rings is 2. The van der Waals surface area contributed by atoms with Gasteiger partial charge in [0, 0.05) is 45.3 Å². The van der Waals surface area contributed by atoms with E-state index in [2.05, 4.69) is 14.8 Å². The Morgan fingerprint density at radius 3 is 2.61 bits per heavy atom. The number of halogens is 1. The minimum atomic E-state index is -0.155. The molecule has 2 fully saturated rings. The van der Waals surface area contributed by atoms with Gasteiger partial charge in [0.1, 0.15) is 12.4 Å². The lowest BCUT2D eigenvalue weighted by atomic mass is 10.0. The summed E-state index contributed by atoms with van der Waals surface area (Å²) in [5.41, 5.74) is 2.60. The molecule has 2 aromatic carbocycles. The van der Waals surface area contributed by atoms with E-state index < -0.39 is 0 Å². The van der Waals surface area contributed by atoms with Crippen LogP contribution in [0.25, 0.3) is 11.0 Å². The SMILES string of the molecule is O=C(Cn1cnc2ccccc21)N1CCC[C@H](N2CCN(c3ccccc3F)CC2)C1. The van der Waals surface area contributed by atoms with Gasteiger partial charge in [0.25, 0.3) is 0 Å². The van der Waals surface area contributed by atoms with E-state index in [9.17, 15) is 9.18 Å². The Balaban J connectivity index is 1.19. The Morgan fingerprint density at radius 1 is 1.00 bits per heavy atom. The minimum absolute atomic E-state index is 0.151. The van der Waals surface area contributed by atoms with Gasteiger partial charge in [-0.1, -0.05) is 24.3 Å². The fourth-order valence-corrected chi connectivity index (χ4v) is 4.90. The molecule has 162 valence electrons. The van der Waals surface area contributed by atoms with Crippen LogP contribution in [-0.2, 0) is 11.3 Å². The van der Waals surface area contributed by atoms with Crippen LogP contribution in [0.2, 0.25) is 0 Å². The molecule has 7 heteroatoms. The van der Waals surface area contributed by atoms with Gasteiger partial charge < -0.3 is 14.4 Å². The third-order valence-corrected chi connectivity index (χ3v) is 6.61. The smallest absolute Gasteiger partial charge is 0.242 e. The first-order chi connectivity index (χ1) is 15.2. The van der Waals surface area contributed by atoms with E-state index in [4.69, 9.17) is 0 Å². The molecule has 2 aliphatic heterocycles. The molecule has 3 aromatic rings. The van der Waals surface area contributed by atoms with Crippen LogP contribution >= 0.6 is 0 Å². The average Bonchev–Trinajstić information content (AvgIpc) is 3.22. The zero-order chi connectivity index (χ0) is 21.2. The number of piperazine rings is 1. The number of imidazole rings is 1. The molecule has 0 saturated carbocycles. The van der Waals surface area contributed by atoms with Crippen molar-refractivity contribution in [1.29, 1.82) is 0 Å². The number of aromatic nitrogens is 2. The first-order valence-corrected chi connectivity index (χ1v) is 11.1. The quantitative estimate of drug-likeness (QED) is 0.650. The van der Waals surface area contributed by atoms with Gasteiger partial charge in [-0.25, -0.2) is 9.37 Å². The molecule has 0 radical (unpaired) electrons. The fraction of sp³-hybridized carbons (Fsp3) is 0.417. The summed E-state index contributed by atoms with van der Waals surface area (Å²) in [6, 6.07) is 15.3. The summed E-state index contributed by atoms with van der Waals surface area (Å²) in [6.45, 7) is 5.33. The molecular weight excluding hydrogens is 393 g/mol. The van der Waals surface area contributed by atoms with E-state index in [1.165, 1.54) is 6.07 Å². The number of carbonyl (C=O) groups excluding carboxylic acids is 1. The van der Waals surface area contributed by atoms with Gasteiger partial charge in [-0.05, 0) is 37.1 Å². The summed E-state index contributed by atoms with van der Waals surface area (Å²) in [5.74, 6) is -0.00439. The van der Waals surface area contributed by atoms with E-state index in [0.717, 1.165) is 63.1 Å². The van der Waals surface area contributed by atoms with E-state index >= 15 is 0 Å². The number of piperidine rings is 1. The van der Waals surface area contributed by atoms with Gasteiger partial charge in [0.15, 0.2) is 0 Å². The van der Waals surface area contributed by atoms with Crippen LogP contribution < -0.4 is 4.90 Å². The molecule has 3 heterocycles. The molecule has 0 bridgehead atoms. The number of hydrogen-bond acceptors (Lipinski definition) is 4. The Morgan fingerprint density at radius 2 is 1.77 bits per heavy atom. The Hall–Kier alpha value is -2.93. The van der Waals surface area contributed by atoms with Gasteiger partial charge in [-0.3, -0.25) is 9.69 Å². The van der Waals surface area contributed by atoms with E-state index in [0.29, 0.717) is 18.3 Å². The third kappa shape index (κ3) is 4.14. The van der Waals surface area contributed by atoms with Crippen LogP contribution in [0.4, 0.5) is 10.1 Å². The fourth-order valence-electron chi connectivity index (χ4n) is 4.90. The zero-order valence-corrected chi connectivity index (χ0v) is 17.7. The zero-order valence-electron chi connectivity index (χ0n) is 17.7. The maximum absolute atomic E-state index is 14.1. The molecule has 1 aromatic heterocycles. The van der Waals surface area contributed by atoms with Crippen molar-refractivity contribution in [3.8, 4) is 0 Å². The predicted molar refractivity (Wildman–Crippen MR) is 120 cm³/mol. The number of likely N-dealkylation sites (tertiary alicyclic amines) is 1. The number of anilines is 1. The van der Waals surface area contributed by atoms with E-state index in [1.54, 1.807) is 12.4 Å². The van der Waals surface area contributed by atoms with Crippen molar-refractivity contribution >= 4 is 22.6 Å². The lowest BCUT2D eigenvalue weighted by Crippen LogP contribution is -2.56. The number of para-hydroxylation sites is 3. The van der Waals surface area contributed by atoms with Crippen LogP contribution in [0, 0.1) is 5.82 Å². The van der Waals surface area contributed by atoms with Crippen LogP contribution in [0.5, 0.6) is 0 Å². The van der Waals surface area contributed by atoms with Crippen molar-refractivity contribution in [3.63, 3.8) is 0 Å². The van der Waals surface area contributed by atoms with Crippen LogP contribution in [0.1, 0.15) is 12.8 Å². The highest BCUT2D eigenvalue weighted by molar-refractivity contribution is 5.80. The maximum Gasteiger partial charge on any atom is 0.242 e. The van der Waals surface area contributed by atoms with Gasteiger partial charge in [-0.2, -0.15) is 0 Å². The average molecular weight is 422 g/mol. The van der Waals surface area contributed by atoms with Crippen molar-refractivity contribution in [2.24, 2.45) is 0 Å². The molecule has 1 amide bonds. The summed E-state index contributed by atoms with van der Waals surface area (Å²) in [5, 5.41) is 0. The second kappa shape index (κ2) is 8.67. The second-order valence-corrected chi connectivity index (χ2v) is 8.47. The number of fused-ring (bicyclic) bond motifs is 1. The molecular formula is C24H28FN5O. The van der Waals surface area contributed by atoms with Gasteiger partial charge in [0.2, 0.25) is 5.91 Å². The lowest BCUT2D eigenvalue weighted by Gasteiger charge is -2.44. The van der Waals surface area contributed by atoms with Crippen LogP contribution in [-0.4, -0.2) is 70.6 Å². The highest BCUT2D eigenvalue weighted by atomic mass is 19.1. The number of rotatable bonds is 4. The number of nitrogens with zero attached hydrogens (tertiary/aromatic N) is 5.